The number of nitrogens with zero attached hydrogens (tertiary/aromatic N) is 2. The number of halogens is 3. The fourth-order valence-electron chi connectivity index (χ4n) is 4.14. The molecule has 0 atom stereocenters. The molecule has 2 heterocycles. The average Bonchev–Trinajstić information content (AvgIpc) is 2.90. The highest BCUT2D eigenvalue weighted by atomic mass is 19.2. The van der Waals surface area contributed by atoms with Gasteiger partial charge in [-0.2, -0.15) is 0 Å². The molecule has 0 radical (unpaired) electrons. The van der Waals surface area contributed by atoms with E-state index in [4.69, 9.17) is 0 Å². The lowest BCUT2D eigenvalue weighted by molar-refractivity contribution is 0.101. The van der Waals surface area contributed by atoms with Gasteiger partial charge in [0.05, 0.1) is 23.0 Å². The van der Waals surface area contributed by atoms with Crippen molar-refractivity contribution < 1.29 is 22.8 Å². The minimum absolute atomic E-state index is 0.102. The maximum absolute atomic E-state index is 14.7. The second kappa shape index (κ2) is 9.79. The van der Waals surface area contributed by atoms with Gasteiger partial charge in [0.2, 0.25) is 0 Å². The van der Waals surface area contributed by atoms with E-state index in [2.05, 4.69) is 20.5 Å². The van der Waals surface area contributed by atoms with Crippen LogP contribution in [0.1, 0.15) is 26.3 Å². The van der Waals surface area contributed by atoms with Crippen molar-refractivity contribution in [1.29, 1.82) is 0 Å². The molecule has 1 fully saturated rings. The van der Waals surface area contributed by atoms with Crippen LogP contribution < -0.4 is 15.5 Å². The van der Waals surface area contributed by atoms with Gasteiger partial charge in [-0.1, -0.05) is 0 Å². The Morgan fingerprint density at radius 2 is 1.61 bits per heavy atom. The van der Waals surface area contributed by atoms with Gasteiger partial charge in [-0.05, 0) is 54.6 Å². The summed E-state index contributed by atoms with van der Waals surface area (Å²) in [6.07, 6.45) is 1.78. The van der Waals surface area contributed by atoms with Crippen LogP contribution in [0.2, 0.25) is 0 Å². The number of amides is 1. The topological polar surface area (TPSA) is 74.3 Å². The summed E-state index contributed by atoms with van der Waals surface area (Å²) in [5.41, 5.74) is 1.23. The first-order chi connectivity index (χ1) is 17.4. The van der Waals surface area contributed by atoms with E-state index in [0.29, 0.717) is 10.9 Å². The average molecular weight is 490 g/mol. The molecule has 36 heavy (non-hydrogen) atoms. The summed E-state index contributed by atoms with van der Waals surface area (Å²) >= 11 is 0. The van der Waals surface area contributed by atoms with E-state index in [1.54, 1.807) is 18.3 Å². The molecule has 9 heteroatoms. The van der Waals surface area contributed by atoms with Gasteiger partial charge in [-0.3, -0.25) is 14.6 Å². The van der Waals surface area contributed by atoms with Crippen LogP contribution in [-0.4, -0.2) is 42.9 Å². The molecule has 182 valence electrons. The maximum Gasteiger partial charge on any atom is 0.255 e. The van der Waals surface area contributed by atoms with E-state index >= 15 is 0 Å². The van der Waals surface area contributed by atoms with Gasteiger partial charge >= 0.3 is 0 Å². The molecule has 1 amide bonds. The summed E-state index contributed by atoms with van der Waals surface area (Å²) in [6, 6.07) is 13.3. The van der Waals surface area contributed by atoms with Gasteiger partial charge in [0.15, 0.2) is 17.4 Å². The van der Waals surface area contributed by atoms with Gasteiger partial charge < -0.3 is 15.5 Å². The lowest BCUT2D eigenvalue weighted by Gasteiger charge is -2.29. The van der Waals surface area contributed by atoms with Crippen LogP contribution in [0.3, 0.4) is 0 Å². The van der Waals surface area contributed by atoms with Gasteiger partial charge in [-0.25, -0.2) is 13.2 Å². The first kappa shape index (κ1) is 23.5. The monoisotopic (exact) mass is 490 g/mol. The number of hydrogen-bond donors (Lipinski definition) is 2. The molecule has 1 aliphatic heterocycles. The standard InChI is InChI=1S/C27H21F3N4O2/c28-19-4-1-16(2-5-19)27(36)33-20-13-22(25(30)23(29)14-20)26(35)17-3-6-24-18(11-17)12-21(15-32-24)34-9-7-31-8-10-34/h1-6,11-15,31H,7-10H2,(H,33,36). The van der Waals surface area contributed by atoms with Crippen LogP contribution >= 0.6 is 0 Å². The van der Waals surface area contributed by atoms with E-state index in [9.17, 15) is 22.8 Å². The molecule has 0 unspecified atom stereocenters. The van der Waals surface area contributed by atoms with Crippen LogP contribution in [0.5, 0.6) is 0 Å². The Morgan fingerprint density at radius 1 is 0.889 bits per heavy atom. The number of hydrogen-bond acceptors (Lipinski definition) is 5. The fourth-order valence-corrected chi connectivity index (χ4v) is 4.14. The normalized spacial score (nSPS) is 13.6. The Labute approximate surface area is 204 Å². The van der Waals surface area contributed by atoms with E-state index in [-0.39, 0.29) is 16.8 Å². The zero-order chi connectivity index (χ0) is 25.2. The highest BCUT2D eigenvalue weighted by Gasteiger charge is 2.21. The molecule has 6 nitrogen and oxygen atoms in total. The highest BCUT2D eigenvalue weighted by molar-refractivity contribution is 6.12. The van der Waals surface area contributed by atoms with Crippen molar-refractivity contribution in [3.05, 3.63) is 101 Å². The van der Waals surface area contributed by atoms with Crippen molar-refractivity contribution in [2.45, 2.75) is 0 Å². The van der Waals surface area contributed by atoms with Crippen molar-refractivity contribution in [3.63, 3.8) is 0 Å². The molecule has 3 aromatic carbocycles. The molecule has 2 N–H and O–H groups in total. The van der Waals surface area contributed by atoms with E-state index in [1.807, 2.05) is 6.07 Å². The highest BCUT2D eigenvalue weighted by Crippen LogP contribution is 2.26. The van der Waals surface area contributed by atoms with Crippen molar-refractivity contribution in [2.75, 3.05) is 36.4 Å². The third kappa shape index (κ3) is 4.78. The maximum atomic E-state index is 14.7. The lowest BCUT2D eigenvalue weighted by atomic mass is 10.00. The number of piperazine rings is 1. The fraction of sp³-hybridized carbons (Fsp3) is 0.148. The molecular weight excluding hydrogens is 469 g/mol. The van der Waals surface area contributed by atoms with Crippen molar-refractivity contribution in [3.8, 4) is 0 Å². The van der Waals surface area contributed by atoms with E-state index in [1.165, 1.54) is 18.2 Å². The van der Waals surface area contributed by atoms with Crippen molar-refractivity contribution >= 4 is 34.0 Å². The number of fused-ring (bicyclic) bond motifs is 1. The number of rotatable bonds is 5. The van der Waals surface area contributed by atoms with Gasteiger partial charge in [0.1, 0.15) is 5.82 Å². The minimum Gasteiger partial charge on any atom is -0.368 e. The Kier molecular flexibility index (Phi) is 6.39. The Hall–Kier alpha value is -4.24. The number of benzene rings is 3. The number of aromatic nitrogens is 1. The van der Waals surface area contributed by atoms with Crippen LogP contribution in [0, 0.1) is 17.5 Å². The predicted molar refractivity (Wildman–Crippen MR) is 131 cm³/mol. The van der Waals surface area contributed by atoms with Gasteiger partial charge in [-0.15, -0.1) is 0 Å². The zero-order valence-corrected chi connectivity index (χ0v) is 19.0. The number of anilines is 2. The van der Waals surface area contributed by atoms with E-state index < -0.39 is 34.7 Å². The first-order valence-corrected chi connectivity index (χ1v) is 11.4. The summed E-state index contributed by atoms with van der Waals surface area (Å²) in [5.74, 6) is -4.50. The number of pyridine rings is 1. The molecule has 1 saturated heterocycles. The summed E-state index contributed by atoms with van der Waals surface area (Å²) < 4.78 is 42.2. The smallest absolute Gasteiger partial charge is 0.255 e. The quantitative estimate of drug-likeness (QED) is 0.402. The predicted octanol–water partition coefficient (Wildman–Crippen LogP) is 4.55. The summed E-state index contributed by atoms with van der Waals surface area (Å²) in [6.45, 7) is 3.37. The Bertz CT molecular complexity index is 1470. The molecule has 0 bridgehead atoms. The van der Waals surface area contributed by atoms with E-state index in [0.717, 1.165) is 56.1 Å². The zero-order valence-electron chi connectivity index (χ0n) is 19.0. The van der Waals surface area contributed by atoms with Crippen LogP contribution in [0.15, 0.2) is 66.9 Å². The minimum atomic E-state index is -1.31. The number of nitrogens with one attached hydrogen (secondary N) is 2. The largest absolute Gasteiger partial charge is 0.368 e. The Morgan fingerprint density at radius 3 is 2.36 bits per heavy atom. The number of ketones is 1. The summed E-state index contributed by atoms with van der Waals surface area (Å²) in [5, 5.41) is 6.41. The third-order valence-electron chi connectivity index (χ3n) is 6.05. The van der Waals surface area contributed by atoms with Gasteiger partial charge in [0.25, 0.3) is 5.91 Å². The number of carbonyl (C=O) groups excluding carboxylic acids is 2. The lowest BCUT2D eigenvalue weighted by Crippen LogP contribution is -2.43. The third-order valence-corrected chi connectivity index (χ3v) is 6.05. The summed E-state index contributed by atoms with van der Waals surface area (Å²) in [7, 11) is 0. The molecular formula is C27H21F3N4O2. The van der Waals surface area contributed by atoms with Crippen molar-refractivity contribution in [1.82, 2.24) is 10.3 Å². The second-order valence-electron chi connectivity index (χ2n) is 8.45. The molecule has 0 aliphatic carbocycles. The van der Waals surface area contributed by atoms with Crippen molar-refractivity contribution in [2.24, 2.45) is 0 Å². The molecule has 1 aliphatic rings. The van der Waals surface area contributed by atoms with Crippen LogP contribution in [-0.2, 0) is 0 Å². The molecule has 0 saturated carbocycles. The summed E-state index contributed by atoms with van der Waals surface area (Å²) in [4.78, 5) is 32.3. The molecule has 5 rings (SSSR count). The molecule has 0 spiro atoms. The van der Waals surface area contributed by atoms with Gasteiger partial charge in [0, 0.05) is 54.4 Å². The first-order valence-electron chi connectivity index (χ1n) is 11.4. The molecule has 4 aromatic rings. The second-order valence-corrected chi connectivity index (χ2v) is 8.45. The van der Waals surface area contributed by atoms with Crippen LogP contribution in [0.4, 0.5) is 24.5 Å². The SMILES string of the molecule is O=C(Nc1cc(F)c(F)c(C(=O)c2ccc3ncc(N4CCNCC4)cc3c2)c1)c1ccc(F)cc1. The molecule has 1 aromatic heterocycles. The number of carbonyl (C=O) groups is 2. The van der Waals surface area contributed by atoms with Crippen LogP contribution in [0.25, 0.3) is 10.9 Å². The Balaban J connectivity index is 1.44.